The van der Waals surface area contributed by atoms with Crippen LogP contribution in [0.25, 0.3) is 0 Å². The summed E-state index contributed by atoms with van der Waals surface area (Å²) in [5, 5.41) is 2.71. The molecule has 1 N–H and O–H groups in total. The highest BCUT2D eigenvalue weighted by Gasteiger charge is 2.14. The van der Waals surface area contributed by atoms with Crippen LogP contribution in [-0.2, 0) is 19.0 Å². The largest absolute Gasteiger partial charge is 0.369 e. The molecule has 0 radical (unpaired) electrons. The van der Waals surface area contributed by atoms with Crippen LogP contribution in [0.1, 0.15) is 55.8 Å². The van der Waals surface area contributed by atoms with Gasteiger partial charge in [-0.2, -0.15) is 0 Å². The Morgan fingerprint density at radius 2 is 1.67 bits per heavy atom. The van der Waals surface area contributed by atoms with E-state index in [1.807, 2.05) is 13.8 Å². The summed E-state index contributed by atoms with van der Waals surface area (Å²) in [6.07, 6.45) is 1.88. The number of carbonyl (C=O) groups is 1. The highest BCUT2D eigenvalue weighted by molar-refractivity contribution is 8.77. The van der Waals surface area contributed by atoms with Crippen molar-refractivity contribution < 1.29 is 20.4 Å². The molecule has 0 fully saturated rings. The Morgan fingerprint density at radius 1 is 1.04 bits per heavy atom. The van der Waals surface area contributed by atoms with Gasteiger partial charge in [0.2, 0.25) is 5.91 Å². The van der Waals surface area contributed by atoms with Crippen molar-refractivity contribution in [1.29, 1.82) is 0 Å². The molecular weight excluding hydrogens is 382 g/mol. The van der Waals surface area contributed by atoms with Gasteiger partial charge < -0.3 is 19.5 Å². The van der Waals surface area contributed by atoms with Crippen LogP contribution in [0.3, 0.4) is 0 Å². The summed E-state index contributed by atoms with van der Waals surface area (Å²) < 4.78 is 17.1. The zero-order valence-electron chi connectivity index (χ0n) is 17.7. The van der Waals surface area contributed by atoms with E-state index in [4.69, 9.17) is 14.2 Å². The van der Waals surface area contributed by atoms with Crippen molar-refractivity contribution in [2.24, 2.45) is 11.8 Å². The lowest BCUT2D eigenvalue weighted by atomic mass is 10.2. The van der Waals surface area contributed by atoms with Crippen molar-refractivity contribution >= 4 is 27.5 Å². The number of hydrogen-bond acceptors (Lipinski definition) is 6. The van der Waals surface area contributed by atoms with Gasteiger partial charge in [0.25, 0.3) is 0 Å². The van der Waals surface area contributed by atoms with E-state index in [1.165, 1.54) is 0 Å². The Morgan fingerprint density at radius 3 is 2.22 bits per heavy atom. The Balaban J connectivity index is 0. The van der Waals surface area contributed by atoms with E-state index in [0.717, 1.165) is 19.4 Å². The van der Waals surface area contributed by atoms with Gasteiger partial charge in [-0.15, -0.1) is 0 Å². The summed E-state index contributed by atoms with van der Waals surface area (Å²) in [6.45, 7) is 14.6. The van der Waals surface area contributed by atoms with Crippen LogP contribution in [0.15, 0.2) is 0 Å². The smallest absolute Gasteiger partial charge is 0.246 e. The molecule has 0 aliphatic carbocycles. The van der Waals surface area contributed by atoms with Crippen LogP contribution in [0, 0.1) is 23.7 Å². The van der Waals surface area contributed by atoms with Crippen molar-refractivity contribution in [3.8, 4) is 11.8 Å². The molecule has 0 bridgehead atoms. The first-order chi connectivity index (χ1) is 12.9. The van der Waals surface area contributed by atoms with E-state index in [-0.39, 0.29) is 24.8 Å². The second-order valence-corrected chi connectivity index (χ2v) is 9.36. The minimum Gasteiger partial charge on any atom is -0.369 e. The van der Waals surface area contributed by atoms with Gasteiger partial charge in [0.1, 0.15) is 17.5 Å². The van der Waals surface area contributed by atoms with Gasteiger partial charge in [-0.3, -0.25) is 4.79 Å². The number of rotatable bonds is 15. The summed E-state index contributed by atoms with van der Waals surface area (Å²) in [4.78, 5) is 11.6. The lowest BCUT2D eigenvalue weighted by Gasteiger charge is -2.20. The van der Waals surface area contributed by atoms with E-state index in [2.05, 4.69) is 44.9 Å². The maximum absolute atomic E-state index is 11.6. The predicted molar refractivity (Wildman–Crippen MR) is 119 cm³/mol. The number of hydrogen-bond donors (Lipinski definition) is 1. The first-order valence-corrected chi connectivity index (χ1v) is 12.0. The third-order valence-corrected chi connectivity index (χ3v) is 6.18. The SMILES string of the molecule is CCC(OCCOCC(=O)NCC#CC(C)C)SSC(CC)OCC(C)C.[HH]. The minimum absolute atomic E-state index is 0. The van der Waals surface area contributed by atoms with Gasteiger partial charge in [0.15, 0.2) is 0 Å². The zero-order valence-corrected chi connectivity index (χ0v) is 19.3. The summed E-state index contributed by atoms with van der Waals surface area (Å²) >= 11 is 0. The molecule has 0 saturated heterocycles. The third kappa shape index (κ3) is 17.4. The fraction of sp³-hybridized carbons (Fsp3) is 0.850. The van der Waals surface area contributed by atoms with Gasteiger partial charge in [-0.1, -0.05) is 75.0 Å². The molecule has 1 amide bonds. The van der Waals surface area contributed by atoms with Crippen molar-refractivity contribution in [3.05, 3.63) is 0 Å². The Bertz CT molecular complexity index is 442. The Hall–Kier alpha value is -0.390. The monoisotopic (exact) mass is 421 g/mol. The summed E-state index contributed by atoms with van der Waals surface area (Å²) in [5.74, 6) is 6.60. The van der Waals surface area contributed by atoms with Crippen molar-refractivity contribution in [1.82, 2.24) is 5.32 Å². The average molecular weight is 422 g/mol. The van der Waals surface area contributed by atoms with Crippen LogP contribution in [0.4, 0.5) is 0 Å². The molecule has 0 aromatic rings. The molecule has 7 heteroatoms. The first kappa shape index (κ1) is 26.6. The molecule has 0 aliphatic heterocycles. The number of amides is 1. The number of ether oxygens (including phenoxy) is 3. The number of carbonyl (C=O) groups excluding carboxylic acids is 1. The summed E-state index contributed by atoms with van der Waals surface area (Å²) in [6, 6.07) is 0. The fourth-order valence-corrected chi connectivity index (χ4v) is 4.40. The van der Waals surface area contributed by atoms with Crippen LogP contribution < -0.4 is 5.32 Å². The van der Waals surface area contributed by atoms with Crippen molar-refractivity contribution in [3.63, 3.8) is 0 Å². The molecule has 5 nitrogen and oxygen atoms in total. The third-order valence-electron chi connectivity index (χ3n) is 3.08. The van der Waals surface area contributed by atoms with Gasteiger partial charge in [0, 0.05) is 7.34 Å². The van der Waals surface area contributed by atoms with E-state index < -0.39 is 0 Å². The molecule has 0 saturated carbocycles. The Labute approximate surface area is 175 Å². The Kier molecular flexibility index (Phi) is 17.4. The summed E-state index contributed by atoms with van der Waals surface area (Å²) in [7, 11) is 3.44. The van der Waals surface area contributed by atoms with Gasteiger partial charge in [0.05, 0.1) is 26.4 Å². The van der Waals surface area contributed by atoms with Gasteiger partial charge in [-0.25, -0.2) is 0 Å². The molecule has 2 atom stereocenters. The van der Waals surface area contributed by atoms with Crippen molar-refractivity contribution in [2.75, 3.05) is 33.0 Å². The molecule has 2 unspecified atom stereocenters. The topological polar surface area (TPSA) is 56.8 Å². The molecule has 27 heavy (non-hydrogen) atoms. The van der Waals surface area contributed by atoms with E-state index in [0.29, 0.717) is 31.6 Å². The van der Waals surface area contributed by atoms with E-state index in [1.54, 1.807) is 21.6 Å². The lowest BCUT2D eigenvalue weighted by Crippen LogP contribution is -2.28. The van der Waals surface area contributed by atoms with Crippen LogP contribution in [0.2, 0.25) is 0 Å². The lowest BCUT2D eigenvalue weighted by molar-refractivity contribution is -0.126. The maximum atomic E-state index is 11.6. The molecule has 0 spiro atoms. The highest BCUT2D eigenvalue weighted by Crippen LogP contribution is 2.35. The maximum Gasteiger partial charge on any atom is 0.246 e. The minimum atomic E-state index is -0.155. The fourth-order valence-electron chi connectivity index (χ4n) is 1.70. The van der Waals surface area contributed by atoms with Crippen molar-refractivity contribution in [2.45, 2.75) is 65.3 Å². The van der Waals surface area contributed by atoms with Crippen LogP contribution in [0.5, 0.6) is 0 Å². The summed E-state index contributed by atoms with van der Waals surface area (Å²) in [5.41, 5.74) is 0.282. The molecule has 160 valence electrons. The standard InChI is InChI=1S/C20H37NO4S2.H2/c1-7-19(26-27-20(8-2)25-14-17(5)6)24-13-12-23-15-18(22)21-11-9-10-16(3)4;/h16-17,19-20H,7-8,11-15H2,1-6H3,(H,21,22);1H. The van der Waals surface area contributed by atoms with Gasteiger partial charge in [-0.05, 0) is 18.8 Å². The predicted octanol–water partition coefficient (Wildman–Crippen LogP) is 4.57. The van der Waals surface area contributed by atoms with Gasteiger partial charge >= 0.3 is 0 Å². The molecule has 0 aromatic carbocycles. The van der Waals surface area contributed by atoms with Crippen LogP contribution in [-0.4, -0.2) is 49.8 Å². The zero-order chi connectivity index (χ0) is 20.5. The van der Waals surface area contributed by atoms with E-state index >= 15 is 0 Å². The number of nitrogens with one attached hydrogen (secondary N) is 1. The molecular formula is C20H39NO4S2. The second kappa shape index (κ2) is 17.7. The quantitative estimate of drug-likeness (QED) is 0.181. The molecule has 0 rings (SSSR count). The second-order valence-electron chi connectivity index (χ2n) is 6.77. The molecule has 0 aliphatic rings. The highest BCUT2D eigenvalue weighted by atomic mass is 33.1. The average Bonchev–Trinajstić information content (AvgIpc) is 2.62. The normalized spacial score (nSPS) is 13.3. The molecule has 0 heterocycles. The van der Waals surface area contributed by atoms with Crippen LogP contribution >= 0.6 is 21.6 Å². The first-order valence-electron chi connectivity index (χ1n) is 9.77. The van der Waals surface area contributed by atoms with E-state index in [9.17, 15) is 4.79 Å². The molecule has 0 aromatic heterocycles.